The molecule has 0 aromatic heterocycles. The van der Waals surface area contributed by atoms with Crippen LogP contribution in [-0.4, -0.2) is 18.5 Å². The number of hydrogen-bond acceptors (Lipinski definition) is 3. The maximum Gasteiger partial charge on any atom is 0.336 e. The van der Waals surface area contributed by atoms with Gasteiger partial charge in [-0.3, -0.25) is 9.69 Å². The summed E-state index contributed by atoms with van der Waals surface area (Å²) in [6.07, 6.45) is 0.233. The molecule has 2 aromatic carbocycles. The number of esters is 1. The van der Waals surface area contributed by atoms with Crippen LogP contribution in [0.15, 0.2) is 68.7 Å². The van der Waals surface area contributed by atoms with E-state index in [1.54, 1.807) is 4.90 Å². The van der Waals surface area contributed by atoms with E-state index in [9.17, 15) is 9.59 Å². The Morgan fingerprint density at radius 3 is 2.44 bits per heavy atom. The van der Waals surface area contributed by atoms with Gasteiger partial charge in [0.15, 0.2) is 0 Å². The highest BCUT2D eigenvalue weighted by atomic mass is 79.9. The van der Waals surface area contributed by atoms with Gasteiger partial charge in [-0.1, -0.05) is 50.1 Å². The van der Waals surface area contributed by atoms with Crippen molar-refractivity contribution in [2.24, 2.45) is 0 Å². The fourth-order valence-corrected chi connectivity index (χ4v) is 4.18. The Morgan fingerprint density at radius 1 is 1.00 bits per heavy atom. The number of hydrogen-bond donors (Lipinski definition) is 0. The first-order valence-electron chi connectivity index (χ1n) is 7.79. The molecule has 2 aliphatic rings. The van der Waals surface area contributed by atoms with E-state index in [0.29, 0.717) is 11.3 Å². The summed E-state index contributed by atoms with van der Waals surface area (Å²) in [4.78, 5) is 26.9. The van der Waals surface area contributed by atoms with Gasteiger partial charge >= 0.3 is 5.97 Å². The van der Waals surface area contributed by atoms with Crippen LogP contribution in [-0.2, 0) is 14.3 Å². The normalized spacial score (nSPS) is 19.9. The summed E-state index contributed by atoms with van der Waals surface area (Å²) in [5.74, 6) is -0.661. The highest BCUT2D eigenvalue weighted by Crippen LogP contribution is 2.42. The third kappa shape index (κ3) is 2.93. The number of nitrogens with zero attached hydrogens (tertiary/aromatic N) is 1. The van der Waals surface area contributed by atoms with Gasteiger partial charge in [-0.15, -0.1) is 0 Å². The Morgan fingerprint density at radius 2 is 1.72 bits per heavy atom. The minimum Gasteiger partial charge on any atom is -0.456 e. The predicted molar refractivity (Wildman–Crippen MR) is 101 cm³/mol. The minimum atomic E-state index is -0.340. The topological polar surface area (TPSA) is 46.6 Å². The number of carbonyl (C=O) groups is 2. The Kier molecular flexibility index (Phi) is 4.25. The molecule has 0 unspecified atom stereocenters. The van der Waals surface area contributed by atoms with Crippen molar-refractivity contribution in [3.8, 4) is 0 Å². The smallest absolute Gasteiger partial charge is 0.336 e. The molecule has 0 fully saturated rings. The number of amides is 1. The standard InChI is InChI=1S/C19H13Br2NO3/c20-12-4-1-3-11(7-12)15-9-17(23)22(14-6-2-5-13(21)8-14)16-10-25-19(24)18(15)16/h1-8,15H,9-10H2/t15-/m0/s1. The molecule has 0 saturated heterocycles. The third-order valence-corrected chi connectivity index (χ3v) is 5.42. The molecule has 1 amide bonds. The fraction of sp³-hybridized carbons (Fsp3) is 0.158. The first kappa shape index (κ1) is 16.5. The summed E-state index contributed by atoms with van der Waals surface area (Å²) in [6, 6.07) is 15.2. The number of cyclic esters (lactones) is 1. The molecule has 2 heterocycles. The van der Waals surface area contributed by atoms with Gasteiger partial charge in [0.05, 0.1) is 11.3 Å². The van der Waals surface area contributed by atoms with Gasteiger partial charge in [-0.05, 0) is 35.9 Å². The van der Waals surface area contributed by atoms with Crippen molar-refractivity contribution < 1.29 is 14.3 Å². The lowest BCUT2D eigenvalue weighted by Crippen LogP contribution is -2.37. The molecule has 2 aromatic rings. The second-order valence-electron chi connectivity index (χ2n) is 5.96. The van der Waals surface area contributed by atoms with Crippen LogP contribution in [0.2, 0.25) is 0 Å². The summed E-state index contributed by atoms with van der Waals surface area (Å²) < 4.78 is 7.07. The number of carbonyl (C=O) groups excluding carboxylic acids is 2. The lowest BCUT2D eigenvalue weighted by Gasteiger charge is -2.32. The van der Waals surface area contributed by atoms with Gasteiger partial charge in [0, 0.05) is 27.0 Å². The summed E-state index contributed by atoms with van der Waals surface area (Å²) in [6.45, 7) is 0.122. The maximum atomic E-state index is 12.9. The number of ether oxygens (including phenoxy) is 1. The maximum absolute atomic E-state index is 12.9. The van der Waals surface area contributed by atoms with Crippen LogP contribution in [0.25, 0.3) is 0 Å². The van der Waals surface area contributed by atoms with E-state index < -0.39 is 0 Å². The van der Waals surface area contributed by atoms with Crippen LogP contribution in [0, 0.1) is 0 Å². The molecule has 0 spiro atoms. The summed E-state index contributed by atoms with van der Waals surface area (Å²) in [7, 11) is 0. The summed E-state index contributed by atoms with van der Waals surface area (Å²) >= 11 is 6.89. The van der Waals surface area contributed by atoms with E-state index in [0.717, 1.165) is 20.2 Å². The van der Waals surface area contributed by atoms with Gasteiger partial charge in [0.1, 0.15) is 6.61 Å². The summed E-state index contributed by atoms with van der Waals surface area (Å²) in [5, 5.41) is 0. The van der Waals surface area contributed by atoms with E-state index >= 15 is 0 Å². The largest absolute Gasteiger partial charge is 0.456 e. The van der Waals surface area contributed by atoms with E-state index in [2.05, 4.69) is 31.9 Å². The minimum absolute atomic E-state index is 0.0416. The molecule has 0 aliphatic carbocycles. The Hall–Kier alpha value is -1.92. The molecule has 1 atom stereocenters. The first-order valence-corrected chi connectivity index (χ1v) is 9.37. The quantitative estimate of drug-likeness (QED) is 0.615. The van der Waals surface area contributed by atoms with Gasteiger partial charge in [0.2, 0.25) is 5.91 Å². The first-order chi connectivity index (χ1) is 12.0. The van der Waals surface area contributed by atoms with E-state index in [1.165, 1.54) is 0 Å². The van der Waals surface area contributed by atoms with Gasteiger partial charge in [-0.2, -0.15) is 0 Å². The van der Waals surface area contributed by atoms with Crippen molar-refractivity contribution in [2.75, 3.05) is 11.5 Å². The van der Waals surface area contributed by atoms with Crippen molar-refractivity contribution in [2.45, 2.75) is 12.3 Å². The molecular weight excluding hydrogens is 450 g/mol. The zero-order valence-corrected chi connectivity index (χ0v) is 16.2. The molecular formula is C19H13Br2NO3. The fourth-order valence-electron chi connectivity index (χ4n) is 3.38. The highest BCUT2D eigenvalue weighted by Gasteiger charge is 2.42. The van der Waals surface area contributed by atoms with Crippen molar-refractivity contribution in [3.63, 3.8) is 0 Å². The van der Waals surface area contributed by atoms with Crippen LogP contribution < -0.4 is 4.90 Å². The monoisotopic (exact) mass is 461 g/mol. The molecule has 25 heavy (non-hydrogen) atoms. The van der Waals surface area contributed by atoms with Crippen molar-refractivity contribution in [1.82, 2.24) is 0 Å². The van der Waals surface area contributed by atoms with E-state index in [4.69, 9.17) is 4.74 Å². The van der Waals surface area contributed by atoms with Crippen LogP contribution in [0.3, 0.4) is 0 Å². The highest BCUT2D eigenvalue weighted by molar-refractivity contribution is 9.10. The molecule has 4 nitrogen and oxygen atoms in total. The third-order valence-electron chi connectivity index (χ3n) is 4.43. The molecule has 0 saturated carbocycles. The van der Waals surface area contributed by atoms with Crippen molar-refractivity contribution >= 4 is 49.4 Å². The molecule has 2 aliphatic heterocycles. The van der Waals surface area contributed by atoms with Gasteiger partial charge < -0.3 is 4.74 Å². The summed E-state index contributed by atoms with van der Waals surface area (Å²) in [5.41, 5.74) is 2.89. The number of benzene rings is 2. The van der Waals surface area contributed by atoms with E-state index in [1.807, 2.05) is 48.5 Å². The Bertz CT molecular complexity index is 922. The molecule has 0 radical (unpaired) electrons. The average Bonchev–Trinajstić information content (AvgIpc) is 2.96. The number of anilines is 1. The molecule has 4 rings (SSSR count). The molecule has 6 heteroatoms. The lowest BCUT2D eigenvalue weighted by atomic mass is 9.84. The van der Waals surface area contributed by atoms with Crippen molar-refractivity contribution in [1.29, 1.82) is 0 Å². The Labute approximate surface area is 161 Å². The van der Waals surface area contributed by atoms with Gasteiger partial charge in [-0.25, -0.2) is 4.79 Å². The molecule has 126 valence electrons. The lowest BCUT2D eigenvalue weighted by molar-refractivity contribution is -0.136. The molecule has 0 N–H and O–H groups in total. The zero-order chi connectivity index (χ0) is 17.6. The van der Waals surface area contributed by atoms with Crippen molar-refractivity contribution in [3.05, 3.63) is 74.3 Å². The SMILES string of the molecule is O=C1OCC2=C1[C@H](c1cccc(Br)c1)CC(=O)N2c1cccc(Br)c1. The van der Waals surface area contributed by atoms with Gasteiger partial charge in [0.25, 0.3) is 0 Å². The van der Waals surface area contributed by atoms with Crippen LogP contribution in [0.1, 0.15) is 17.9 Å². The van der Waals surface area contributed by atoms with Crippen LogP contribution in [0.5, 0.6) is 0 Å². The number of halogens is 2. The number of rotatable bonds is 2. The zero-order valence-electron chi connectivity index (χ0n) is 13.0. The average molecular weight is 463 g/mol. The molecule has 0 bridgehead atoms. The van der Waals surface area contributed by atoms with Crippen LogP contribution >= 0.6 is 31.9 Å². The predicted octanol–water partition coefficient (Wildman–Crippen LogP) is 4.54. The second-order valence-corrected chi connectivity index (χ2v) is 7.79. The second kappa shape index (κ2) is 6.42. The van der Waals surface area contributed by atoms with Crippen LogP contribution in [0.4, 0.5) is 5.69 Å². The Balaban J connectivity index is 1.84. The van der Waals surface area contributed by atoms with E-state index in [-0.39, 0.29) is 30.8 Å².